The summed E-state index contributed by atoms with van der Waals surface area (Å²) < 4.78 is 21.9. The number of H-pyrrole nitrogens is 1. The van der Waals surface area contributed by atoms with Crippen LogP contribution in [0.25, 0.3) is 0 Å². The summed E-state index contributed by atoms with van der Waals surface area (Å²) in [6.07, 6.45) is 0.578. The predicted octanol–water partition coefficient (Wildman–Crippen LogP) is 6.22. The summed E-state index contributed by atoms with van der Waals surface area (Å²) in [5, 5.41) is -0.0365. The van der Waals surface area contributed by atoms with Crippen LogP contribution in [0.3, 0.4) is 0 Å². The van der Waals surface area contributed by atoms with Crippen LogP contribution in [-0.4, -0.2) is 36.7 Å². The molecule has 1 aliphatic rings. The molecule has 1 unspecified atom stereocenters. The van der Waals surface area contributed by atoms with Crippen LogP contribution in [0, 0.1) is 0 Å². The first-order chi connectivity index (χ1) is 20.0. The van der Waals surface area contributed by atoms with Crippen LogP contribution < -0.4 is 11.2 Å². The Hall–Kier alpha value is -3.56. The minimum Gasteiger partial charge on any atom is -0.409 e. The number of aromatic amines is 1. The number of benzene rings is 3. The average Bonchev–Trinajstić information content (AvgIpc) is 3.36. The molecule has 0 aliphatic carbocycles. The van der Waals surface area contributed by atoms with E-state index in [9.17, 15) is 9.59 Å². The van der Waals surface area contributed by atoms with Crippen LogP contribution >= 0.6 is 0 Å². The molecule has 7 nitrogen and oxygen atoms in total. The van der Waals surface area contributed by atoms with Gasteiger partial charge in [0, 0.05) is 18.7 Å². The van der Waals surface area contributed by atoms with E-state index in [1.165, 1.54) is 16.8 Å². The van der Waals surface area contributed by atoms with Gasteiger partial charge >= 0.3 is 5.69 Å². The van der Waals surface area contributed by atoms with Gasteiger partial charge in [-0.05, 0) is 34.8 Å². The first kappa shape index (κ1) is 29.9. The van der Waals surface area contributed by atoms with Crippen LogP contribution in [0.4, 0.5) is 0 Å². The SMILES string of the molecule is CC(C)(C)[Si](C)(C)OC1C[C@@H](COC(c2ccccc2)(c2ccccc2)c2ccccc2)O[C@H]1n1ccc(=O)[nH]c1=O. The van der Waals surface area contributed by atoms with Gasteiger partial charge in [0.25, 0.3) is 5.56 Å². The zero-order valence-corrected chi connectivity index (χ0v) is 25.9. The van der Waals surface area contributed by atoms with Gasteiger partial charge in [0.05, 0.1) is 18.8 Å². The number of nitrogens with one attached hydrogen (secondary N) is 1. The molecule has 1 aliphatic heterocycles. The molecule has 0 spiro atoms. The van der Waals surface area contributed by atoms with Crippen molar-refractivity contribution in [2.45, 2.75) is 69.4 Å². The van der Waals surface area contributed by atoms with E-state index in [2.05, 4.69) is 75.2 Å². The molecule has 0 amide bonds. The molecule has 0 bridgehead atoms. The predicted molar refractivity (Wildman–Crippen MR) is 167 cm³/mol. The fourth-order valence-corrected chi connectivity index (χ4v) is 6.67. The van der Waals surface area contributed by atoms with Crippen LogP contribution in [0.2, 0.25) is 18.1 Å². The molecule has 220 valence electrons. The molecule has 3 atom stereocenters. The van der Waals surface area contributed by atoms with Gasteiger partial charge in [0.2, 0.25) is 0 Å². The second-order valence-corrected chi connectivity index (χ2v) is 17.2. The molecule has 1 fully saturated rings. The van der Waals surface area contributed by atoms with Gasteiger partial charge in [-0.3, -0.25) is 14.3 Å². The fourth-order valence-electron chi connectivity index (χ4n) is 5.34. The lowest BCUT2D eigenvalue weighted by molar-refractivity contribution is -0.0864. The Labute approximate surface area is 248 Å². The lowest BCUT2D eigenvalue weighted by atomic mass is 9.80. The number of hydrogen-bond donors (Lipinski definition) is 1. The smallest absolute Gasteiger partial charge is 0.330 e. The summed E-state index contributed by atoms with van der Waals surface area (Å²) in [4.78, 5) is 27.1. The molecule has 1 aromatic heterocycles. The lowest BCUT2D eigenvalue weighted by Crippen LogP contribution is -2.46. The summed E-state index contributed by atoms with van der Waals surface area (Å²) in [5.41, 5.74) is 1.14. The minimum atomic E-state index is -2.23. The van der Waals surface area contributed by atoms with E-state index in [4.69, 9.17) is 13.9 Å². The molecule has 2 heterocycles. The Morgan fingerprint density at radius 2 is 1.33 bits per heavy atom. The highest BCUT2D eigenvalue weighted by atomic mass is 28.4. The molecule has 8 heteroatoms. The second-order valence-electron chi connectivity index (χ2n) is 12.4. The third kappa shape index (κ3) is 5.98. The number of rotatable bonds is 9. The van der Waals surface area contributed by atoms with E-state index in [0.717, 1.165) is 16.7 Å². The van der Waals surface area contributed by atoms with Gasteiger partial charge in [0.1, 0.15) is 5.60 Å². The van der Waals surface area contributed by atoms with Crippen molar-refractivity contribution in [2.75, 3.05) is 6.61 Å². The normalized spacial score (nSPS) is 19.6. The van der Waals surface area contributed by atoms with Gasteiger partial charge < -0.3 is 13.9 Å². The van der Waals surface area contributed by atoms with Crippen molar-refractivity contribution in [2.24, 2.45) is 0 Å². The van der Waals surface area contributed by atoms with Gasteiger partial charge in [0.15, 0.2) is 14.5 Å². The van der Waals surface area contributed by atoms with E-state index in [1.54, 1.807) is 0 Å². The maximum atomic E-state index is 12.9. The van der Waals surface area contributed by atoms with Crippen molar-refractivity contribution in [1.29, 1.82) is 0 Å². The van der Waals surface area contributed by atoms with Gasteiger partial charge in [-0.25, -0.2) is 4.79 Å². The second kappa shape index (κ2) is 12.0. The molecule has 5 rings (SSSR count). The topological polar surface area (TPSA) is 82.6 Å². The summed E-state index contributed by atoms with van der Waals surface area (Å²) in [6, 6.07) is 32.0. The minimum absolute atomic E-state index is 0.0365. The van der Waals surface area contributed by atoms with Crippen molar-refractivity contribution >= 4 is 8.32 Å². The quantitative estimate of drug-likeness (QED) is 0.187. The number of aromatic nitrogens is 2. The molecule has 1 saturated heterocycles. The molecule has 4 aromatic rings. The molecular formula is C34H40N2O5Si. The third-order valence-corrected chi connectivity index (χ3v) is 13.1. The molecule has 0 radical (unpaired) electrons. The molecule has 0 saturated carbocycles. The van der Waals surface area contributed by atoms with Crippen LogP contribution in [0.5, 0.6) is 0 Å². The highest BCUT2D eigenvalue weighted by Gasteiger charge is 2.47. The Kier molecular flexibility index (Phi) is 8.53. The van der Waals surface area contributed by atoms with Crippen LogP contribution in [-0.2, 0) is 19.5 Å². The number of ether oxygens (including phenoxy) is 2. The van der Waals surface area contributed by atoms with E-state index in [-0.39, 0.29) is 23.9 Å². The standard InChI is InChI=1S/C34H40N2O5Si/c1-33(2,3)42(4,5)41-29-23-28(40-31(29)36-22-21-30(37)35-32(36)38)24-39-34(25-15-9-6-10-16-25,26-17-11-7-12-18-26)27-19-13-8-14-20-27/h6-22,28-29,31H,23-24H2,1-5H3,(H,35,37,38)/t28-,29?,31+/m0/s1. The van der Waals surface area contributed by atoms with Crippen molar-refractivity contribution in [3.05, 3.63) is 141 Å². The van der Waals surface area contributed by atoms with E-state index < -0.39 is 31.4 Å². The third-order valence-electron chi connectivity index (χ3n) is 8.55. The van der Waals surface area contributed by atoms with Crippen molar-refractivity contribution in [3.8, 4) is 0 Å². The van der Waals surface area contributed by atoms with Crippen molar-refractivity contribution in [3.63, 3.8) is 0 Å². The lowest BCUT2D eigenvalue weighted by Gasteiger charge is -2.39. The maximum Gasteiger partial charge on any atom is 0.330 e. The molecule has 3 aromatic carbocycles. The van der Waals surface area contributed by atoms with Crippen molar-refractivity contribution < 1.29 is 13.9 Å². The largest absolute Gasteiger partial charge is 0.409 e. The van der Waals surface area contributed by atoms with Crippen LogP contribution in [0.15, 0.2) is 113 Å². The molecule has 1 N–H and O–H groups in total. The number of nitrogens with zero attached hydrogens (tertiary/aromatic N) is 1. The van der Waals surface area contributed by atoms with Gasteiger partial charge in [-0.2, -0.15) is 0 Å². The summed E-state index contributed by atoms with van der Waals surface area (Å²) in [5.74, 6) is 0. The average molecular weight is 585 g/mol. The Balaban J connectivity index is 1.52. The van der Waals surface area contributed by atoms with Gasteiger partial charge in [-0.15, -0.1) is 0 Å². The highest BCUT2D eigenvalue weighted by Crippen LogP contribution is 2.44. The summed E-state index contributed by atoms with van der Waals surface area (Å²) in [6.45, 7) is 11.2. The van der Waals surface area contributed by atoms with Crippen molar-refractivity contribution in [1.82, 2.24) is 9.55 Å². The number of hydrogen-bond acceptors (Lipinski definition) is 5. The Morgan fingerprint density at radius 1 is 0.833 bits per heavy atom. The van der Waals surface area contributed by atoms with Gasteiger partial charge in [-0.1, -0.05) is 112 Å². The Bertz CT molecular complexity index is 1480. The molecule has 42 heavy (non-hydrogen) atoms. The first-order valence-corrected chi connectivity index (χ1v) is 17.4. The highest BCUT2D eigenvalue weighted by molar-refractivity contribution is 6.74. The summed E-state index contributed by atoms with van der Waals surface area (Å²) >= 11 is 0. The summed E-state index contributed by atoms with van der Waals surface area (Å²) in [7, 11) is -2.23. The van der Waals surface area contributed by atoms with E-state index >= 15 is 0 Å². The molecular weight excluding hydrogens is 544 g/mol. The van der Waals surface area contributed by atoms with E-state index in [0.29, 0.717) is 6.42 Å². The van der Waals surface area contributed by atoms with E-state index in [1.807, 2.05) is 54.6 Å². The Morgan fingerprint density at radius 3 is 1.79 bits per heavy atom. The fraction of sp³-hybridized carbons (Fsp3) is 0.353. The zero-order chi connectivity index (χ0) is 30.0. The van der Waals surface area contributed by atoms with Crippen LogP contribution in [0.1, 0.15) is 50.1 Å². The zero-order valence-electron chi connectivity index (χ0n) is 24.9. The first-order valence-electron chi connectivity index (χ1n) is 14.5. The maximum absolute atomic E-state index is 12.9. The monoisotopic (exact) mass is 584 g/mol.